The number of carbonyl (C=O) groups excluding carboxylic acids is 2. The fraction of sp³-hybridized carbons (Fsp3) is 0.176. The Bertz CT molecular complexity index is 597. The van der Waals surface area contributed by atoms with E-state index in [0.717, 1.165) is 11.8 Å². The Kier molecular flexibility index (Phi) is 4.31. The summed E-state index contributed by atoms with van der Waals surface area (Å²) in [4.78, 5) is 22.8. The molecule has 0 radical (unpaired) electrons. The summed E-state index contributed by atoms with van der Waals surface area (Å²) in [6.07, 6.45) is 0.199. The first-order chi connectivity index (χ1) is 9.60. The highest BCUT2D eigenvalue weighted by molar-refractivity contribution is 5.99. The lowest BCUT2D eigenvalue weighted by Crippen LogP contribution is -2.23. The van der Waals surface area contributed by atoms with Crippen molar-refractivity contribution in [1.29, 1.82) is 0 Å². The predicted molar refractivity (Wildman–Crippen MR) is 77.4 cm³/mol. The van der Waals surface area contributed by atoms with Gasteiger partial charge in [-0.15, -0.1) is 0 Å². The molecule has 20 heavy (non-hydrogen) atoms. The molecule has 0 bridgehead atoms. The van der Waals surface area contributed by atoms with E-state index in [4.69, 9.17) is 4.74 Å². The van der Waals surface area contributed by atoms with Crippen LogP contribution in [-0.2, 0) is 0 Å². The summed E-state index contributed by atoms with van der Waals surface area (Å²) in [5, 5.41) is 0. The lowest BCUT2D eigenvalue weighted by molar-refractivity contribution is 0.0818. The Morgan fingerprint density at radius 3 is 2.20 bits per heavy atom. The number of aryl methyl sites for hydroxylation is 1. The minimum absolute atomic E-state index is 0.0653. The maximum absolute atomic E-state index is 12.2. The summed E-state index contributed by atoms with van der Waals surface area (Å²) < 4.78 is 5.59. The second-order valence-electron chi connectivity index (χ2n) is 4.68. The molecule has 0 aliphatic rings. The Morgan fingerprint density at radius 1 is 1.05 bits per heavy atom. The molecule has 0 fully saturated rings. The molecule has 0 aromatic heterocycles. The second kappa shape index (κ2) is 6.15. The van der Waals surface area contributed by atoms with Gasteiger partial charge in [-0.1, -0.05) is 29.8 Å². The number of Topliss-reactive ketones (excluding diaryl/α,β-unsaturated/α-hetero) is 1. The van der Waals surface area contributed by atoms with Gasteiger partial charge in [-0.05, 0) is 38.1 Å². The zero-order valence-corrected chi connectivity index (χ0v) is 11.5. The van der Waals surface area contributed by atoms with Gasteiger partial charge in [-0.2, -0.15) is 0 Å². The van der Waals surface area contributed by atoms with E-state index < -0.39 is 6.10 Å². The van der Waals surface area contributed by atoms with Crippen molar-refractivity contribution in [3.05, 3.63) is 65.2 Å². The van der Waals surface area contributed by atoms with Crippen LogP contribution in [0.4, 0.5) is 0 Å². The van der Waals surface area contributed by atoms with Gasteiger partial charge >= 0.3 is 0 Å². The van der Waals surface area contributed by atoms with Crippen LogP contribution >= 0.6 is 0 Å². The average molecular weight is 268 g/mol. The third kappa shape index (κ3) is 3.32. The number of ketones is 1. The van der Waals surface area contributed by atoms with Crippen LogP contribution in [0.1, 0.15) is 33.2 Å². The van der Waals surface area contributed by atoms with Crippen molar-refractivity contribution in [2.45, 2.75) is 20.0 Å². The van der Waals surface area contributed by atoms with E-state index in [2.05, 4.69) is 0 Å². The lowest BCUT2D eigenvalue weighted by atomic mass is 10.1. The number of benzene rings is 2. The molecule has 0 aliphatic heterocycles. The SMILES string of the molecule is Cc1ccc(C(=O)[C@H](C)Oc2ccc(C=O)cc2)cc1. The van der Waals surface area contributed by atoms with Crippen molar-refractivity contribution in [3.8, 4) is 5.75 Å². The maximum atomic E-state index is 12.2. The van der Waals surface area contributed by atoms with E-state index in [1.54, 1.807) is 43.3 Å². The molecule has 2 aromatic rings. The third-order valence-electron chi connectivity index (χ3n) is 3.03. The van der Waals surface area contributed by atoms with Gasteiger partial charge in [-0.25, -0.2) is 0 Å². The van der Waals surface area contributed by atoms with Crippen molar-refractivity contribution >= 4 is 12.1 Å². The zero-order valence-electron chi connectivity index (χ0n) is 11.5. The number of hydrogen-bond donors (Lipinski definition) is 0. The Labute approximate surface area is 118 Å². The lowest BCUT2D eigenvalue weighted by Gasteiger charge is -2.14. The topological polar surface area (TPSA) is 43.4 Å². The molecular weight excluding hydrogens is 252 g/mol. The maximum Gasteiger partial charge on any atom is 0.202 e. The molecular formula is C17H16O3. The number of rotatable bonds is 5. The normalized spacial score (nSPS) is 11.7. The molecule has 1 atom stereocenters. The quantitative estimate of drug-likeness (QED) is 0.616. The number of hydrogen-bond acceptors (Lipinski definition) is 3. The Hall–Kier alpha value is -2.42. The van der Waals surface area contributed by atoms with E-state index in [1.807, 2.05) is 19.1 Å². The second-order valence-corrected chi connectivity index (χ2v) is 4.68. The monoisotopic (exact) mass is 268 g/mol. The molecule has 0 aliphatic carbocycles. The fourth-order valence-corrected chi connectivity index (χ4v) is 1.84. The van der Waals surface area contributed by atoms with Crippen molar-refractivity contribution in [3.63, 3.8) is 0 Å². The van der Waals surface area contributed by atoms with Gasteiger partial charge < -0.3 is 4.74 Å². The van der Waals surface area contributed by atoms with E-state index in [0.29, 0.717) is 16.9 Å². The van der Waals surface area contributed by atoms with E-state index >= 15 is 0 Å². The van der Waals surface area contributed by atoms with Crippen LogP contribution in [0.5, 0.6) is 5.75 Å². The highest BCUT2D eigenvalue weighted by atomic mass is 16.5. The number of carbonyl (C=O) groups is 2. The summed E-state index contributed by atoms with van der Waals surface area (Å²) in [6.45, 7) is 3.69. The van der Waals surface area contributed by atoms with Gasteiger partial charge in [0.05, 0.1) is 0 Å². The molecule has 2 rings (SSSR count). The predicted octanol–water partition coefficient (Wildman–Crippen LogP) is 3.46. The van der Waals surface area contributed by atoms with E-state index in [1.165, 1.54) is 0 Å². The molecule has 2 aromatic carbocycles. The molecule has 3 heteroatoms. The fourth-order valence-electron chi connectivity index (χ4n) is 1.84. The van der Waals surface area contributed by atoms with Gasteiger partial charge in [0.15, 0.2) is 6.10 Å². The molecule has 0 saturated heterocycles. The van der Waals surface area contributed by atoms with E-state index in [9.17, 15) is 9.59 Å². The minimum atomic E-state index is -0.570. The van der Waals surface area contributed by atoms with Gasteiger partial charge in [-0.3, -0.25) is 9.59 Å². The molecule has 102 valence electrons. The van der Waals surface area contributed by atoms with Gasteiger partial charge in [0.1, 0.15) is 12.0 Å². The van der Waals surface area contributed by atoms with Crippen LogP contribution < -0.4 is 4.74 Å². The van der Waals surface area contributed by atoms with Crippen molar-refractivity contribution < 1.29 is 14.3 Å². The molecule has 0 spiro atoms. The Morgan fingerprint density at radius 2 is 1.65 bits per heavy atom. The summed E-state index contributed by atoms with van der Waals surface area (Å²) in [5.74, 6) is 0.507. The summed E-state index contributed by atoms with van der Waals surface area (Å²) >= 11 is 0. The zero-order chi connectivity index (χ0) is 14.5. The minimum Gasteiger partial charge on any atom is -0.483 e. The average Bonchev–Trinajstić information content (AvgIpc) is 2.48. The summed E-state index contributed by atoms with van der Waals surface area (Å²) in [6, 6.07) is 14.1. The summed E-state index contributed by atoms with van der Waals surface area (Å²) in [5.41, 5.74) is 2.32. The molecule has 0 unspecified atom stereocenters. The molecule has 0 heterocycles. The smallest absolute Gasteiger partial charge is 0.202 e. The molecule has 0 amide bonds. The van der Waals surface area contributed by atoms with Crippen LogP contribution in [0, 0.1) is 6.92 Å². The summed E-state index contributed by atoms with van der Waals surface area (Å²) in [7, 11) is 0. The van der Waals surface area contributed by atoms with Crippen molar-refractivity contribution in [2.75, 3.05) is 0 Å². The van der Waals surface area contributed by atoms with Gasteiger partial charge in [0.2, 0.25) is 5.78 Å². The standard InChI is InChI=1S/C17H16O3/c1-12-3-7-15(8-4-12)17(19)13(2)20-16-9-5-14(11-18)6-10-16/h3-11,13H,1-2H3/t13-/m0/s1. The molecule has 3 nitrogen and oxygen atoms in total. The first-order valence-corrected chi connectivity index (χ1v) is 6.43. The Balaban J connectivity index is 2.06. The van der Waals surface area contributed by atoms with Crippen LogP contribution in [0.3, 0.4) is 0 Å². The van der Waals surface area contributed by atoms with Gasteiger partial charge in [0, 0.05) is 11.1 Å². The van der Waals surface area contributed by atoms with Crippen LogP contribution in [0.15, 0.2) is 48.5 Å². The van der Waals surface area contributed by atoms with Gasteiger partial charge in [0.25, 0.3) is 0 Å². The van der Waals surface area contributed by atoms with Crippen LogP contribution in [-0.4, -0.2) is 18.2 Å². The first-order valence-electron chi connectivity index (χ1n) is 6.43. The van der Waals surface area contributed by atoms with Crippen molar-refractivity contribution in [2.24, 2.45) is 0 Å². The largest absolute Gasteiger partial charge is 0.483 e. The highest BCUT2D eigenvalue weighted by Gasteiger charge is 2.16. The molecule has 0 saturated carbocycles. The highest BCUT2D eigenvalue weighted by Crippen LogP contribution is 2.15. The number of aldehydes is 1. The van der Waals surface area contributed by atoms with Crippen LogP contribution in [0.2, 0.25) is 0 Å². The van der Waals surface area contributed by atoms with Crippen molar-refractivity contribution in [1.82, 2.24) is 0 Å². The first kappa shape index (κ1) is 14.0. The van der Waals surface area contributed by atoms with E-state index in [-0.39, 0.29) is 5.78 Å². The third-order valence-corrected chi connectivity index (χ3v) is 3.03. The molecule has 0 N–H and O–H groups in total. The number of ether oxygens (including phenoxy) is 1. The van der Waals surface area contributed by atoms with Crippen LogP contribution in [0.25, 0.3) is 0 Å².